The second-order valence-corrected chi connectivity index (χ2v) is 5.39. The quantitative estimate of drug-likeness (QED) is 0.806. The van der Waals surface area contributed by atoms with Crippen molar-refractivity contribution in [2.75, 3.05) is 5.73 Å². The molecule has 4 N–H and O–H groups in total. The van der Waals surface area contributed by atoms with E-state index in [0.717, 1.165) is 11.3 Å². The van der Waals surface area contributed by atoms with Crippen molar-refractivity contribution < 1.29 is 19.4 Å². The average Bonchev–Trinajstić information content (AvgIpc) is 2.72. The van der Waals surface area contributed by atoms with E-state index in [0.29, 0.717) is 16.2 Å². The molecule has 0 saturated heterocycles. The molecule has 0 atom stereocenters. The van der Waals surface area contributed by atoms with E-state index in [-0.39, 0.29) is 17.1 Å². The molecule has 6 nitrogen and oxygen atoms in total. The Kier molecular flexibility index (Phi) is 4.44. The highest BCUT2D eigenvalue weighted by molar-refractivity contribution is 7.16. The van der Waals surface area contributed by atoms with Crippen molar-refractivity contribution >= 4 is 28.4 Å². The number of benzene rings is 1. The highest BCUT2D eigenvalue weighted by Gasteiger charge is 2.19. The Morgan fingerprint density at radius 1 is 1.33 bits per heavy atom. The van der Waals surface area contributed by atoms with Crippen LogP contribution in [0.3, 0.4) is 0 Å². The van der Waals surface area contributed by atoms with E-state index in [9.17, 15) is 9.59 Å². The van der Waals surface area contributed by atoms with Crippen LogP contribution in [0.5, 0.6) is 5.75 Å². The molecule has 7 heteroatoms. The summed E-state index contributed by atoms with van der Waals surface area (Å²) >= 11 is 1.14. The molecule has 0 aliphatic carbocycles. The number of hydrogen-bond acceptors (Lipinski definition) is 5. The molecule has 1 aromatic heterocycles. The Hall–Kier alpha value is -2.54. The van der Waals surface area contributed by atoms with Gasteiger partial charge in [-0.15, -0.1) is 11.3 Å². The van der Waals surface area contributed by atoms with Crippen LogP contribution in [0.1, 0.15) is 20.8 Å². The van der Waals surface area contributed by atoms with Crippen molar-refractivity contribution in [2.45, 2.75) is 13.5 Å². The van der Waals surface area contributed by atoms with Gasteiger partial charge >= 0.3 is 12.1 Å². The number of aromatic carboxylic acids is 1. The molecule has 1 aromatic carbocycles. The zero-order valence-electron chi connectivity index (χ0n) is 11.3. The molecule has 110 valence electrons. The Labute approximate surface area is 125 Å². The molecule has 0 radical (unpaired) electrons. The number of nitrogens with one attached hydrogen (secondary N) is 1. The van der Waals surface area contributed by atoms with Crippen molar-refractivity contribution in [1.29, 1.82) is 0 Å². The van der Waals surface area contributed by atoms with Gasteiger partial charge in [0.15, 0.2) is 0 Å². The number of anilines is 1. The second-order valence-electron chi connectivity index (χ2n) is 4.25. The number of para-hydroxylation sites is 1. The first-order valence-corrected chi connectivity index (χ1v) is 6.92. The van der Waals surface area contributed by atoms with Crippen molar-refractivity contribution in [3.63, 3.8) is 0 Å². The summed E-state index contributed by atoms with van der Waals surface area (Å²) < 4.78 is 5.07. The number of rotatable bonds is 4. The van der Waals surface area contributed by atoms with Crippen LogP contribution in [0.15, 0.2) is 30.3 Å². The molecule has 0 fully saturated rings. The maximum atomic E-state index is 11.6. The normalized spacial score (nSPS) is 10.1. The monoisotopic (exact) mass is 306 g/mol. The molecule has 0 saturated carbocycles. The first-order chi connectivity index (χ1) is 9.99. The molecule has 2 rings (SSSR count). The standard InChI is InChI=1S/C14H14N2O4S/c1-8-10(21-12(15)11(8)13(17)18)7-16-14(19)20-9-5-3-2-4-6-9/h2-6H,7,15H2,1H3,(H,16,19)(H,17,18). The number of ether oxygens (including phenoxy) is 1. The number of carbonyl (C=O) groups excluding carboxylic acids is 1. The van der Waals surface area contributed by atoms with E-state index in [1.54, 1.807) is 31.2 Å². The maximum absolute atomic E-state index is 11.6. The molecular weight excluding hydrogens is 292 g/mol. The van der Waals surface area contributed by atoms with Crippen LogP contribution in [0.25, 0.3) is 0 Å². The summed E-state index contributed by atoms with van der Waals surface area (Å²) in [5, 5.41) is 11.8. The van der Waals surface area contributed by atoms with Crippen molar-refractivity contribution in [1.82, 2.24) is 5.32 Å². The number of nitrogen functional groups attached to an aromatic ring is 1. The van der Waals surface area contributed by atoms with Gasteiger partial charge in [0.2, 0.25) is 0 Å². The van der Waals surface area contributed by atoms with Gasteiger partial charge < -0.3 is 20.9 Å². The first-order valence-electron chi connectivity index (χ1n) is 6.10. The lowest BCUT2D eigenvalue weighted by Crippen LogP contribution is -2.26. The van der Waals surface area contributed by atoms with Crippen LogP contribution in [0, 0.1) is 6.92 Å². The predicted molar refractivity (Wildman–Crippen MR) is 79.7 cm³/mol. The van der Waals surface area contributed by atoms with Crippen LogP contribution in [-0.4, -0.2) is 17.2 Å². The number of carboxylic acid groups (broad SMARTS) is 1. The van der Waals surface area contributed by atoms with Gasteiger partial charge in [-0.2, -0.15) is 0 Å². The SMILES string of the molecule is Cc1c(CNC(=O)Oc2ccccc2)sc(N)c1C(=O)O. The highest BCUT2D eigenvalue weighted by atomic mass is 32.1. The zero-order valence-corrected chi connectivity index (χ0v) is 12.1. The number of carbonyl (C=O) groups is 2. The third-order valence-electron chi connectivity index (χ3n) is 2.83. The average molecular weight is 306 g/mol. The van der Waals surface area contributed by atoms with Crippen molar-refractivity contribution in [3.8, 4) is 5.75 Å². The minimum atomic E-state index is -1.07. The Balaban J connectivity index is 1.99. The Morgan fingerprint density at radius 2 is 2.00 bits per heavy atom. The van der Waals surface area contributed by atoms with Crippen LogP contribution >= 0.6 is 11.3 Å². The number of thiophene rings is 1. The third-order valence-corrected chi connectivity index (χ3v) is 3.95. The van der Waals surface area contributed by atoms with Gasteiger partial charge in [0.25, 0.3) is 0 Å². The summed E-state index contributed by atoms with van der Waals surface area (Å²) in [6.45, 7) is 1.83. The van der Waals surface area contributed by atoms with E-state index >= 15 is 0 Å². The Bertz CT molecular complexity index is 667. The van der Waals surface area contributed by atoms with Crippen molar-refractivity contribution in [2.24, 2.45) is 0 Å². The van der Waals surface area contributed by atoms with Crippen LogP contribution in [0.4, 0.5) is 9.80 Å². The maximum Gasteiger partial charge on any atom is 0.412 e. The van der Waals surface area contributed by atoms with Crippen LogP contribution in [-0.2, 0) is 6.54 Å². The van der Waals surface area contributed by atoms with Gasteiger partial charge in [0.05, 0.1) is 12.1 Å². The summed E-state index contributed by atoms with van der Waals surface area (Å²) in [4.78, 5) is 23.4. The third kappa shape index (κ3) is 3.51. The summed E-state index contributed by atoms with van der Waals surface area (Å²) in [5.74, 6) is -0.636. The molecular formula is C14H14N2O4S. The van der Waals surface area contributed by atoms with E-state index in [4.69, 9.17) is 15.6 Å². The van der Waals surface area contributed by atoms with Crippen LogP contribution in [0.2, 0.25) is 0 Å². The smallest absolute Gasteiger partial charge is 0.412 e. The molecule has 0 aliphatic rings. The van der Waals surface area contributed by atoms with Gasteiger partial charge in [-0.1, -0.05) is 18.2 Å². The topological polar surface area (TPSA) is 102 Å². The van der Waals surface area contributed by atoms with Gasteiger partial charge in [0, 0.05) is 4.88 Å². The van der Waals surface area contributed by atoms with Gasteiger partial charge in [-0.05, 0) is 24.6 Å². The zero-order chi connectivity index (χ0) is 15.4. The fraction of sp³-hybridized carbons (Fsp3) is 0.143. The predicted octanol–water partition coefficient (Wildman–Crippen LogP) is 2.63. The summed E-state index contributed by atoms with van der Waals surface area (Å²) in [5.41, 5.74) is 6.32. The van der Waals surface area contributed by atoms with E-state index in [1.165, 1.54) is 0 Å². The first kappa shape index (κ1) is 14.9. The number of carboxylic acids is 1. The molecule has 2 aromatic rings. The number of amides is 1. The molecule has 1 heterocycles. The van der Waals surface area contributed by atoms with Crippen LogP contribution < -0.4 is 15.8 Å². The second kappa shape index (κ2) is 6.27. The lowest BCUT2D eigenvalue weighted by molar-refractivity contribution is 0.0697. The molecule has 0 bridgehead atoms. The lowest BCUT2D eigenvalue weighted by atomic mass is 10.1. The largest absolute Gasteiger partial charge is 0.478 e. The molecule has 1 amide bonds. The van der Waals surface area contributed by atoms with E-state index in [2.05, 4.69) is 5.32 Å². The van der Waals surface area contributed by atoms with Gasteiger partial charge in [-0.3, -0.25) is 0 Å². The fourth-order valence-electron chi connectivity index (χ4n) is 1.80. The van der Waals surface area contributed by atoms with Gasteiger partial charge in [-0.25, -0.2) is 9.59 Å². The highest BCUT2D eigenvalue weighted by Crippen LogP contribution is 2.30. The lowest BCUT2D eigenvalue weighted by Gasteiger charge is -2.06. The minimum Gasteiger partial charge on any atom is -0.478 e. The molecule has 0 unspecified atom stereocenters. The number of nitrogens with two attached hydrogens (primary N) is 1. The van der Waals surface area contributed by atoms with Crippen molar-refractivity contribution in [3.05, 3.63) is 46.3 Å². The van der Waals surface area contributed by atoms with Gasteiger partial charge in [0.1, 0.15) is 10.8 Å². The summed E-state index contributed by atoms with van der Waals surface area (Å²) in [7, 11) is 0. The van der Waals surface area contributed by atoms with E-state index < -0.39 is 12.1 Å². The fourth-order valence-corrected chi connectivity index (χ4v) is 2.81. The molecule has 21 heavy (non-hydrogen) atoms. The summed E-state index contributed by atoms with van der Waals surface area (Å²) in [6, 6.07) is 8.65. The summed E-state index contributed by atoms with van der Waals surface area (Å²) in [6.07, 6.45) is -0.607. The Morgan fingerprint density at radius 3 is 2.57 bits per heavy atom. The molecule has 0 spiro atoms. The number of hydrogen-bond donors (Lipinski definition) is 3. The molecule has 0 aliphatic heterocycles. The van der Waals surface area contributed by atoms with E-state index in [1.807, 2.05) is 6.07 Å². The minimum absolute atomic E-state index is 0.0910.